The van der Waals surface area contributed by atoms with Gasteiger partial charge in [-0.3, -0.25) is 4.68 Å². The Morgan fingerprint density at radius 2 is 2.13 bits per heavy atom. The number of aryl methyl sites for hydroxylation is 1. The van der Waals surface area contributed by atoms with Crippen LogP contribution in [0.15, 0.2) is 12.3 Å². The predicted molar refractivity (Wildman–Crippen MR) is 53.6 cm³/mol. The van der Waals surface area contributed by atoms with E-state index in [-0.39, 0.29) is 11.3 Å². The molecule has 7 heteroatoms. The normalized spacial score (nSPS) is 10.3. The molecule has 2 rings (SSSR count). The first-order valence-electron chi connectivity index (χ1n) is 4.14. The minimum atomic E-state index is 0.0857. The van der Waals surface area contributed by atoms with Gasteiger partial charge in [0.25, 0.3) is 0 Å². The van der Waals surface area contributed by atoms with E-state index in [0.717, 1.165) is 0 Å². The maximum atomic E-state index is 5.71. The Hall–Kier alpha value is -1.69. The first kappa shape index (κ1) is 9.85. The van der Waals surface area contributed by atoms with Gasteiger partial charge in [-0.2, -0.15) is 20.1 Å². The van der Waals surface area contributed by atoms with Gasteiger partial charge in [-0.05, 0) is 17.7 Å². The van der Waals surface area contributed by atoms with Crippen LogP contribution in [0, 0.1) is 0 Å². The lowest BCUT2D eigenvalue weighted by atomic mass is 10.4. The van der Waals surface area contributed by atoms with Crippen LogP contribution in [0.4, 0.5) is 0 Å². The van der Waals surface area contributed by atoms with E-state index in [9.17, 15) is 0 Å². The van der Waals surface area contributed by atoms with Crippen molar-refractivity contribution in [3.05, 3.63) is 17.5 Å². The molecule has 0 N–H and O–H groups in total. The first-order valence-corrected chi connectivity index (χ1v) is 4.52. The molecule has 0 unspecified atom stereocenters. The molecule has 0 atom stereocenters. The molecule has 0 bridgehead atoms. The molecule has 2 aromatic rings. The van der Waals surface area contributed by atoms with Crippen molar-refractivity contribution in [2.24, 2.45) is 7.05 Å². The lowest BCUT2D eigenvalue weighted by Gasteiger charge is -1.99. The van der Waals surface area contributed by atoms with Crippen LogP contribution in [0.25, 0.3) is 11.5 Å². The van der Waals surface area contributed by atoms with Crippen molar-refractivity contribution >= 4 is 11.6 Å². The van der Waals surface area contributed by atoms with Gasteiger partial charge in [0.2, 0.25) is 5.28 Å². The zero-order chi connectivity index (χ0) is 10.8. The van der Waals surface area contributed by atoms with E-state index in [1.807, 2.05) is 7.05 Å². The number of methoxy groups -OCH3 is 1. The van der Waals surface area contributed by atoms with Crippen LogP contribution in [0.2, 0.25) is 5.28 Å². The van der Waals surface area contributed by atoms with Crippen LogP contribution in [-0.2, 0) is 7.05 Å². The second-order valence-electron chi connectivity index (χ2n) is 2.79. The summed E-state index contributed by atoms with van der Waals surface area (Å²) >= 11 is 5.71. The van der Waals surface area contributed by atoms with Crippen LogP contribution in [0.1, 0.15) is 0 Å². The van der Waals surface area contributed by atoms with Gasteiger partial charge in [0.05, 0.1) is 7.11 Å². The number of hydrogen-bond acceptors (Lipinski definition) is 5. The summed E-state index contributed by atoms with van der Waals surface area (Å²) in [5.74, 6) is 0.396. The van der Waals surface area contributed by atoms with Crippen molar-refractivity contribution in [1.29, 1.82) is 0 Å². The van der Waals surface area contributed by atoms with E-state index in [4.69, 9.17) is 16.3 Å². The topological polar surface area (TPSA) is 65.7 Å². The highest BCUT2D eigenvalue weighted by Crippen LogP contribution is 2.16. The maximum absolute atomic E-state index is 5.71. The molecular formula is C8H8ClN5O. The first-order chi connectivity index (χ1) is 7.19. The Morgan fingerprint density at radius 3 is 2.73 bits per heavy atom. The lowest BCUT2D eigenvalue weighted by molar-refractivity contribution is 0.378. The van der Waals surface area contributed by atoms with Gasteiger partial charge in [0.1, 0.15) is 5.69 Å². The van der Waals surface area contributed by atoms with Crippen LogP contribution in [0.3, 0.4) is 0 Å². The van der Waals surface area contributed by atoms with Crippen molar-refractivity contribution in [3.8, 4) is 17.5 Å². The zero-order valence-corrected chi connectivity index (χ0v) is 8.93. The second kappa shape index (κ2) is 3.82. The molecular weight excluding hydrogens is 218 g/mol. The third kappa shape index (κ3) is 2.04. The monoisotopic (exact) mass is 225 g/mol. The second-order valence-corrected chi connectivity index (χ2v) is 3.13. The maximum Gasteiger partial charge on any atom is 0.321 e. The molecule has 15 heavy (non-hydrogen) atoms. The fourth-order valence-electron chi connectivity index (χ4n) is 1.07. The van der Waals surface area contributed by atoms with Crippen molar-refractivity contribution in [3.63, 3.8) is 0 Å². The van der Waals surface area contributed by atoms with E-state index in [2.05, 4.69) is 20.1 Å². The average Bonchev–Trinajstić information content (AvgIpc) is 2.64. The third-order valence-electron chi connectivity index (χ3n) is 1.71. The average molecular weight is 226 g/mol. The van der Waals surface area contributed by atoms with Gasteiger partial charge in [-0.15, -0.1) is 0 Å². The number of rotatable bonds is 2. The zero-order valence-electron chi connectivity index (χ0n) is 8.18. The number of hydrogen-bond donors (Lipinski definition) is 0. The van der Waals surface area contributed by atoms with E-state index in [1.54, 1.807) is 16.9 Å². The summed E-state index contributed by atoms with van der Waals surface area (Å²) in [5.41, 5.74) is 0.625. The van der Waals surface area contributed by atoms with Gasteiger partial charge < -0.3 is 4.74 Å². The number of halogens is 1. The number of nitrogens with zero attached hydrogens (tertiary/aromatic N) is 5. The molecule has 0 amide bonds. The van der Waals surface area contributed by atoms with Crippen LogP contribution < -0.4 is 4.74 Å². The van der Waals surface area contributed by atoms with Crippen molar-refractivity contribution in [1.82, 2.24) is 24.7 Å². The molecule has 0 saturated carbocycles. The van der Waals surface area contributed by atoms with Gasteiger partial charge >= 0.3 is 6.01 Å². The van der Waals surface area contributed by atoms with Gasteiger partial charge in [0.15, 0.2) is 5.82 Å². The van der Waals surface area contributed by atoms with Crippen LogP contribution in [0.5, 0.6) is 6.01 Å². The SMILES string of the molecule is COc1nc(Cl)nc(-c2ccn(C)n2)n1. The van der Waals surface area contributed by atoms with Gasteiger partial charge in [-0.25, -0.2) is 0 Å². The molecule has 0 fully saturated rings. The molecule has 2 aromatic heterocycles. The highest BCUT2D eigenvalue weighted by molar-refractivity contribution is 6.28. The van der Waals surface area contributed by atoms with Gasteiger partial charge in [-0.1, -0.05) is 0 Å². The Morgan fingerprint density at radius 1 is 1.33 bits per heavy atom. The van der Waals surface area contributed by atoms with Crippen molar-refractivity contribution in [2.75, 3.05) is 7.11 Å². The molecule has 78 valence electrons. The summed E-state index contributed by atoms with van der Waals surface area (Å²) in [6, 6.07) is 1.96. The molecule has 0 aliphatic rings. The van der Waals surface area contributed by atoms with Crippen molar-refractivity contribution < 1.29 is 4.74 Å². The van der Waals surface area contributed by atoms with Crippen LogP contribution in [-0.4, -0.2) is 31.8 Å². The van der Waals surface area contributed by atoms with E-state index in [0.29, 0.717) is 11.5 Å². The molecule has 0 saturated heterocycles. The Kier molecular flexibility index (Phi) is 2.51. The summed E-state index contributed by atoms with van der Waals surface area (Å²) in [6.45, 7) is 0. The quantitative estimate of drug-likeness (QED) is 0.761. The molecule has 2 heterocycles. The van der Waals surface area contributed by atoms with Crippen LogP contribution >= 0.6 is 11.6 Å². The molecule has 0 spiro atoms. The van der Waals surface area contributed by atoms with E-state index < -0.39 is 0 Å². The summed E-state index contributed by atoms with van der Waals surface area (Å²) in [5, 5.41) is 4.23. The molecule has 0 aliphatic heterocycles. The minimum Gasteiger partial charge on any atom is -0.467 e. The fraction of sp³-hybridized carbons (Fsp3) is 0.250. The summed E-state index contributed by atoms with van der Waals surface area (Å²) in [6.07, 6.45) is 1.79. The molecule has 0 radical (unpaired) electrons. The Labute approximate surface area is 90.9 Å². The number of ether oxygens (including phenoxy) is 1. The fourth-order valence-corrected chi connectivity index (χ4v) is 1.22. The highest BCUT2D eigenvalue weighted by Gasteiger charge is 2.09. The molecule has 0 aromatic carbocycles. The predicted octanol–water partition coefficient (Wildman–Crippen LogP) is 0.934. The molecule has 6 nitrogen and oxygen atoms in total. The largest absolute Gasteiger partial charge is 0.467 e. The minimum absolute atomic E-state index is 0.0857. The summed E-state index contributed by atoms with van der Waals surface area (Å²) in [4.78, 5) is 11.8. The van der Waals surface area contributed by atoms with Crippen molar-refractivity contribution in [2.45, 2.75) is 0 Å². The summed E-state index contributed by atoms with van der Waals surface area (Å²) in [7, 11) is 3.28. The van der Waals surface area contributed by atoms with E-state index in [1.165, 1.54) is 7.11 Å². The standard InChI is InChI=1S/C8H8ClN5O/c1-14-4-3-5(13-14)6-10-7(9)12-8(11-6)15-2/h3-4H,1-2H3. The third-order valence-corrected chi connectivity index (χ3v) is 1.88. The smallest absolute Gasteiger partial charge is 0.321 e. The highest BCUT2D eigenvalue weighted by atomic mass is 35.5. The Bertz CT molecular complexity index is 484. The number of aromatic nitrogens is 5. The van der Waals surface area contributed by atoms with E-state index >= 15 is 0 Å². The summed E-state index contributed by atoms with van der Waals surface area (Å²) < 4.78 is 6.54. The van der Waals surface area contributed by atoms with Gasteiger partial charge in [0, 0.05) is 13.2 Å². The lowest BCUT2D eigenvalue weighted by Crippen LogP contribution is -1.98. The molecule has 0 aliphatic carbocycles. The Balaban J connectivity index is 2.48.